The van der Waals surface area contributed by atoms with Crippen LogP contribution in [-0.2, 0) is 12.8 Å². The van der Waals surface area contributed by atoms with Gasteiger partial charge < -0.3 is 13.7 Å². The highest BCUT2D eigenvalue weighted by Crippen LogP contribution is 2.49. The number of thiophene rings is 2. The molecule has 3 nitrogen and oxygen atoms in total. The zero-order valence-corrected chi connectivity index (χ0v) is 47.7. The van der Waals surface area contributed by atoms with E-state index in [2.05, 4.69) is 287 Å². The average molecular weight is 1120 g/mol. The summed E-state index contributed by atoms with van der Waals surface area (Å²) in [5, 5.41) is 13.0. The van der Waals surface area contributed by atoms with Crippen LogP contribution < -0.4 is 0 Å². The summed E-state index contributed by atoms with van der Waals surface area (Å²) in [6.07, 6.45) is 1.88. The highest BCUT2D eigenvalue weighted by Gasteiger charge is 2.26. The van der Waals surface area contributed by atoms with Gasteiger partial charge in [0.25, 0.3) is 0 Å². The molecule has 0 unspecified atom stereocenters. The lowest BCUT2D eigenvalue weighted by atomic mass is 9.86. The van der Waals surface area contributed by atoms with Gasteiger partial charge >= 0.3 is 0 Å². The second-order valence-corrected chi connectivity index (χ2v) is 25.2. The molecule has 85 heavy (non-hydrogen) atoms. The van der Waals surface area contributed by atoms with Crippen LogP contribution >= 0.6 is 22.7 Å². The maximum atomic E-state index is 2.57. The SMILES string of the molecule is c1ccc(-n2c3cc(-c4cc(-c5cccc6c5sc5ccccc56)cc(-n5c6ccccc6c6ccccc65)c4)cc4c3c3c(cc(-c5cc(-c6cccc7c6sc6ccccc67)cc(-n6c7ccccc7c7ccccc76)c5)cc32)CC4)cc1. The summed E-state index contributed by atoms with van der Waals surface area (Å²) >= 11 is 3.80. The largest absolute Gasteiger partial charge is 0.309 e. The molecule has 5 heteroatoms. The number of fused-ring (bicyclic) bond motifs is 12. The van der Waals surface area contributed by atoms with Gasteiger partial charge in [0.05, 0.1) is 33.1 Å². The van der Waals surface area contributed by atoms with E-state index < -0.39 is 0 Å². The fraction of sp³-hybridized carbons (Fsp3) is 0.0250. The third kappa shape index (κ3) is 7.00. The van der Waals surface area contributed by atoms with Gasteiger partial charge in [0.1, 0.15) is 0 Å². The Labute approximate surface area is 497 Å². The minimum atomic E-state index is 0.940. The summed E-state index contributed by atoms with van der Waals surface area (Å²) in [6, 6.07) is 103. The van der Waals surface area contributed by atoms with Crippen LogP contribution in [0.4, 0.5) is 0 Å². The molecule has 1 aliphatic carbocycles. The molecule has 0 radical (unpaired) electrons. The first-order chi connectivity index (χ1) is 42.1. The average Bonchev–Trinajstić information content (AvgIpc) is 3.60. The zero-order chi connectivity index (χ0) is 55.4. The molecule has 0 bridgehead atoms. The van der Waals surface area contributed by atoms with Crippen molar-refractivity contribution in [3.8, 4) is 61.6 Å². The number of nitrogens with zero attached hydrogens (tertiary/aromatic N) is 3. The van der Waals surface area contributed by atoms with E-state index in [1.54, 1.807) is 0 Å². The Hall–Kier alpha value is -10.3. The molecule has 0 amide bonds. The quantitative estimate of drug-likeness (QED) is 0.151. The standard InChI is InChI=1S/C80H49N3S2/c1-2-18-56(19-3-1)81-73-46-52(50-40-54(59-26-16-28-67-65-24-8-14-34-75(65)84-79(59)67)44-57(42-50)82-69-30-10-4-20-61(69)62-21-5-11-31-70(62)82)38-48-36-37-49-39-53(47-74(81)78(49)77(48)73)51-41-55(60-27-17-29-68-66-25-9-15-35-76(66)85-80(60)68)45-58(43-51)83-71-32-12-6-22-63(71)64-23-7-13-33-72(64)83/h1-35,38-47H,36-37H2. The first-order valence-corrected chi connectivity index (χ1v) is 31.1. The molecule has 396 valence electrons. The Morgan fingerprint density at radius 1 is 0.235 bits per heavy atom. The maximum Gasteiger partial charge on any atom is 0.0550 e. The number of aryl methyl sites for hydroxylation is 2. The first kappa shape index (κ1) is 47.2. The molecule has 0 N–H and O–H groups in total. The van der Waals surface area contributed by atoms with Crippen LogP contribution in [0.15, 0.2) is 273 Å². The minimum absolute atomic E-state index is 0.940. The van der Waals surface area contributed by atoms with Crippen LogP contribution in [0, 0.1) is 0 Å². The summed E-state index contributed by atoms with van der Waals surface area (Å²) in [7, 11) is 0. The lowest BCUT2D eigenvalue weighted by Gasteiger charge is -2.18. The minimum Gasteiger partial charge on any atom is -0.309 e. The van der Waals surface area contributed by atoms with Gasteiger partial charge in [-0.1, -0.05) is 176 Å². The van der Waals surface area contributed by atoms with E-state index in [9.17, 15) is 0 Å². The Morgan fingerprint density at radius 3 is 1.01 bits per heavy atom. The number of para-hydroxylation sites is 5. The lowest BCUT2D eigenvalue weighted by Crippen LogP contribution is -2.01. The topological polar surface area (TPSA) is 14.8 Å². The van der Waals surface area contributed by atoms with Gasteiger partial charge in [-0.05, 0) is 166 Å². The van der Waals surface area contributed by atoms with Gasteiger partial charge in [0.15, 0.2) is 0 Å². The predicted molar refractivity (Wildman–Crippen MR) is 364 cm³/mol. The molecule has 19 rings (SSSR count). The summed E-state index contributed by atoms with van der Waals surface area (Å²) in [5.41, 5.74) is 23.3. The van der Waals surface area contributed by atoms with Crippen LogP contribution in [0.5, 0.6) is 0 Å². The van der Waals surface area contributed by atoms with E-state index in [4.69, 9.17) is 0 Å². The fourth-order valence-corrected chi connectivity index (χ4v) is 17.2. The van der Waals surface area contributed by atoms with Gasteiger partial charge in [-0.25, -0.2) is 0 Å². The van der Waals surface area contributed by atoms with Crippen LogP contribution in [-0.4, -0.2) is 13.7 Å². The molecule has 5 heterocycles. The number of benzene rings is 13. The van der Waals surface area contributed by atoms with Crippen molar-refractivity contribution in [3.05, 3.63) is 284 Å². The van der Waals surface area contributed by atoms with Gasteiger partial charge in [-0.15, -0.1) is 22.7 Å². The van der Waals surface area contributed by atoms with Crippen LogP contribution in [0.3, 0.4) is 0 Å². The molecular weight excluding hydrogens is 1070 g/mol. The van der Waals surface area contributed by atoms with Crippen molar-refractivity contribution in [1.82, 2.24) is 13.7 Å². The summed E-state index contributed by atoms with van der Waals surface area (Å²) in [4.78, 5) is 0. The molecule has 1 aliphatic rings. The summed E-state index contributed by atoms with van der Waals surface area (Å²) in [5.74, 6) is 0. The van der Waals surface area contributed by atoms with Crippen molar-refractivity contribution >= 4 is 128 Å². The molecule has 0 saturated heterocycles. The number of hydrogen-bond acceptors (Lipinski definition) is 2. The molecule has 0 fully saturated rings. The lowest BCUT2D eigenvalue weighted by molar-refractivity contribution is 0.970. The van der Waals surface area contributed by atoms with Crippen LogP contribution in [0.1, 0.15) is 11.1 Å². The summed E-state index contributed by atoms with van der Waals surface area (Å²) in [6.45, 7) is 0. The molecule has 5 aromatic heterocycles. The number of hydrogen-bond donors (Lipinski definition) is 0. The van der Waals surface area contributed by atoms with Crippen LogP contribution in [0.25, 0.3) is 167 Å². The monoisotopic (exact) mass is 1120 g/mol. The van der Waals surface area contributed by atoms with E-state index in [1.165, 1.54) is 161 Å². The molecule has 0 aliphatic heterocycles. The van der Waals surface area contributed by atoms with Crippen molar-refractivity contribution < 1.29 is 0 Å². The fourth-order valence-electron chi connectivity index (χ4n) is 14.8. The predicted octanol–water partition coefficient (Wildman–Crippen LogP) is 22.5. The van der Waals surface area contributed by atoms with Gasteiger partial charge in [-0.3, -0.25) is 0 Å². The van der Waals surface area contributed by atoms with E-state index in [0.717, 1.165) is 29.9 Å². The molecule has 0 atom stereocenters. The maximum absolute atomic E-state index is 2.57. The molecule has 13 aromatic carbocycles. The van der Waals surface area contributed by atoms with Gasteiger partial charge in [-0.2, -0.15) is 0 Å². The number of aromatic nitrogens is 3. The Kier molecular flexibility index (Phi) is 10.1. The van der Waals surface area contributed by atoms with Crippen molar-refractivity contribution in [2.24, 2.45) is 0 Å². The number of rotatable bonds is 7. The molecular formula is C80H49N3S2. The van der Waals surface area contributed by atoms with Gasteiger partial charge in [0.2, 0.25) is 0 Å². The third-order valence-corrected chi connectivity index (χ3v) is 20.9. The van der Waals surface area contributed by atoms with E-state index in [1.807, 2.05) is 22.7 Å². The Morgan fingerprint density at radius 2 is 0.576 bits per heavy atom. The van der Waals surface area contributed by atoms with E-state index in [0.29, 0.717) is 0 Å². The van der Waals surface area contributed by atoms with Crippen molar-refractivity contribution in [3.63, 3.8) is 0 Å². The smallest absolute Gasteiger partial charge is 0.0550 e. The normalized spacial score (nSPS) is 12.6. The highest BCUT2D eigenvalue weighted by atomic mass is 32.1. The van der Waals surface area contributed by atoms with Gasteiger partial charge in [0, 0.05) is 89.7 Å². The highest BCUT2D eigenvalue weighted by molar-refractivity contribution is 7.26. The Bertz CT molecular complexity index is 5420. The van der Waals surface area contributed by atoms with E-state index >= 15 is 0 Å². The third-order valence-electron chi connectivity index (χ3n) is 18.4. The second kappa shape index (κ2) is 18.1. The molecule has 0 spiro atoms. The zero-order valence-electron chi connectivity index (χ0n) is 46.1. The molecule has 18 aromatic rings. The summed E-state index contributed by atoms with van der Waals surface area (Å²) < 4.78 is 12.8. The van der Waals surface area contributed by atoms with E-state index in [-0.39, 0.29) is 0 Å². The van der Waals surface area contributed by atoms with Crippen molar-refractivity contribution in [2.75, 3.05) is 0 Å². The van der Waals surface area contributed by atoms with Crippen LogP contribution in [0.2, 0.25) is 0 Å². The molecule has 0 saturated carbocycles. The first-order valence-electron chi connectivity index (χ1n) is 29.4. The van der Waals surface area contributed by atoms with Crippen molar-refractivity contribution in [1.29, 1.82) is 0 Å². The second-order valence-electron chi connectivity index (χ2n) is 23.1. The van der Waals surface area contributed by atoms with Crippen molar-refractivity contribution in [2.45, 2.75) is 12.8 Å². The Balaban J connectivity index is 0.863.